The fourth-order valence-corrected chi connectivity index (χ4v) is 3.12. The molecule has 0 aromatic rings. The average molecular weight is 271 g/mol. The molecule has 1 aliphatic carbocycles. The first-order chi connectivity index (χ1) is 8.79. The molecule has 0 aromatic heterocycles. The van der Waals surface area contributed by atoms with Crippen molar-refractivity contribution in [2.24, 2.45) is 5.92 Å². The Kier molecular flexibility index (Phi) is 5.07. The molecule has 0 spiro atoms. The van der Waals surface area contributed by atoms with E-state index in [1.807, 2.05) is 13.8 Å². The lowest BCUT2D eigenvalue weighted by Crippen LogP contribution is -2.54. The van der Waals surface area contributed by atoms with Crippen LogP contribution in [0.1, 0.15) is 65.7 Å². The Labute approximate surface area is 114 Å². The highest BCUT2D eigenvalue weighted by Crippen LogP contribution is 2.44. The molecule has 5 nitrogen and oxygen atoms in total. The van der Waals surface area contributed by atoms with E-state index in [0.717, 1.165) is 6.42 Å². The predicted molar refractivity (Wildman–Crippen MR) is 72.5 cm³/mol. The monoisotopic (exact) mass is 271 g/mol. The van der Waals surface area contributed by atoms with E-state index in [4.69, 9.17) is 0 Å². The van der Waals surface area contributed by atoms with Crippen LogP contribution in [0.25, 0.3) is 0 Å². The summed E-state index contributed by atoms with van der Waals surface area (Å²) >= 11 is 0. The van der Waals surface area contributed by atoms with Crippen LogP contribution < -0.4 is 0 Å². The van der Waals surface area contributed by atoms with Gasteiger partial charge in [-0.15, -0.1) is 0 Å². The molecule has 0 unspecified atom stereocenters. The molecule has 1 aliphatic rings. The van der Waals surface area contributed by atoms with Gasteiger partial charge in [-0.3, -0.25) is 14.9 Å². The molecule has 1 N–H and O–H groups in total. The quantitative estimate of drug-likeness (QED) is 0.595. The summed E-state index contributed by atoms with van der Waals surface area (Å²) in [5.74, 6) is -0.609. The van der Waals surface area contributed by atoms with Crippen LogP contribution in [-0.4, -0.2) is 27.0 Å². The van der Waals surface area contributed by atoms with E-state index in [1.165, 1.54) is 0 Å². The second-order valence-electron chi connectivity index (χ2n) is 6.08. The van der Waals surface area contributed by atoms with Gasteiger partial charge in [0.2, 0.25) is 5.54 Å². The molecule has 19 heavy (non-hydrogen) atoms. The lowest BCUT2D eigenvalue weighted by atomic mass is 9.64. The molecule has 3 atom stereocenters. The largest absolute Gasteiger partial charge is 0.389 e. The Morgan fingerprint density at radius 1 is 1.37 bits per heavy atom. The summed E-state index contributed by atoms with van der Waals surface area (Å²) in [6, 6.07) is 0. The number of rotatable bonds is 6. The van der Waals surface area contributed by atoms with Crippen molar-refractivity contribution in [1.82, 2.24) is 0 Å². The van der Waals surface area contributed by atoms with E-state index >= 15 is 0 Å². The van der Waals surface area contributed by atoms with Crippen LogP contribution in [0.4, 0.5) is 0 Å². The Bertz CT molecular complexity index is 357. The smallest absolute Gasteiger partial charge is 0.220 e. The second-order valence-corrected chi connectivity index (χ2v) is 6.08. The van der Waals surface area contributed by atoms with Crippen LogP contribution >= 0.6 is 0 Å². The van der Waals surface area contributed by atoms with Gasteiger partial charge in [0, 0.05) is 31.1 Å². The molecule has 0 amide bonds. The average Bonchev–Trinajstić information content (AvgIpc) is 2.33. The minimum atomic E-state index is -1.08. The van der Waals surface area contributed by atoms with Crippen LogP contribution in [0, 0.1) is 16.0 Å². The third-order valence-corrected chi connectivity index (χ3v) is 4.40. The minimum Gasteiger partial charge on any atom is -0.389 e. The third-order valence-electron chi connectivity index (χ3n) is 4.40. The lowest BCUT2D eigenvalue weighted by molar-refractivity contribution is -0.573. The SMILES string of the molecule is CCCC(=O)[C@@H]1C[C@@](C)([N+](=O)[O-])CC[C@]1(O)CCC. The van der Waals surface area contributed by atoms with Gasteiger partial charge in [-0.05, 0) is 19.3 Å². The maximum absolute atomic E-state index is 12.2. The molecule has 5 heteroatoms. The lowest BCUT2D eigenvalue weighted by Gasteiger charge is -2.43. The molecule has 1 fully saturated rings. The van der Waals surface area contributed by atoms with Crippen molar-refractivity contribution in [2.45, 2.75) is 76.9 Å². The highest BCUT2D eigenvalue weighted by molar-refractivity contribution is 5.82. The van der Waals surface area contributed by atoms with Crippen LogP contribution in [0.5, 0.6) is 0 Å². The first kappa shape index (κ1) is 16.1. The first-order valence-electron chi connectivity index (χ1n) is 7.18. The summed E-state index contributed by atoms with van der Waals surface area (Å²) in [6.07, 6.45) is 3.28. The molecule has 0 radical (unpaired) electrons. The highest BCUT2D eigenvalue weighted by atomic mass is 16.6. The molecule has 0 bridgehead atoms. The van der Waals surface area contributed by atoms with Gasteiger partial charge >= 0.3 is 0 Å². The van der Waals surface area contributed by atoms with E-state index in [-0.39, 0.29) is 17.1 Å². The van der Waals surface area contributed by atoms with Gasteiger partial charge in [0.1, 0.15) is 5.78 Å². The van der Waals surface area contributed by atoms with E-state index in [1.54, 1.807) is 6.92 Å². The number of nitro groups is 1. The number of nitrogens with zero attached hydrogens (tertiary/aromatic N) is 1. The van der Waals surface area contributed by atoms with Gasteiger partial charge in [0.15, 0.2) is 0 Å². The number of carbonyl (C=O) groups excluding carboxylic acids is 1. The molecule has 0 saturated heterocycles. The zero-order chi connectivity index (χ0) is 14.7. The van der Waals surface area contributed by atoms with Gasteiger partial charge in [-0.2, -0.15) is 0 Å². The minimum absolute atomic E-state index is 0.0220. The van der Waals surface area contributed by atoms with Crippen molar-refractivity contribution in [3.63, 3.8) is 0 Å². The number of hydrogen-bond acceptors (Lipinski definition) is 4. The van der Waals surface area contributed by atoms with E-state index < -0.39 is 17.1 Å². The number of aliphatic hydroxyl groups is 1. The Hall–Kier alpha value is -0.970. The van der Waals surface area contributed by atoms with Gasteiger partial charge in [0.05, 0.1) is 11.5 Å². The Morgan fingerprint density at radius 2 is 2.00 bits per heavy atom. The zero-order valence-corrected chi connectivity index (χ0v) is 12.1. The Balaban J connectivity index is 2.98. The first-order valence-corrected chi connectivity index (χ1v) is 7.18. The molecule has 110 valence electrons. The van der Waals surface area contributed by atoms with Crippen molar-refractivity contribution >= 4 is 5.78 Å². The fourth-order valence-electron chi connectivity index (χ4n) is 3.12. The predicted octanol–water partition coefficient (Wildman–Crippen LogP) is 2.72. The van der Waals surface area contributed by atoms with E-state index in [0.29, 0.717) is 32.1 Å². The second kappa shape index (κ2) is 5.99. The van der Waals surface area contributed by atoms with Crippen molar-refractivity contribution in [2.75, 3.05) is 0 Å². The Morgan fingerprint density at radius 3 is 2.47 bits per heavy atom. The normalized spacial score (nSPS) is 35.1. The number of hydrogen-bond donors (Lipinski definition) is 1. The molecule has 1 saturated carbocycles. The summed E-state index contributed by atoms with van der Waals surface area (Å²) in [6.45, 7) is 5.46. The molecule has 0 heterocycles. The van der Waals surface area contributed by atoms with Crippen LogP contribution in [0.2, 0.25) is 0 Å². The van der Waals surface area contributed by atoms with Gasteiger partial charge in [-0.25, -0.2) is 0 Å². The van der Waals surface area contributed by atoms with Crippen molar-refractivity contribution in [3.05, 3.63) is 10.1 Å². The molecule has 1 rings (SSSR count). The number of carbonyl (C=O) groups is 1. The topological polar surface area (TPSA) is 80.4 Å². The molecular formula is C14H25NO4. The number of ketones is 1. The summed E-state index contributed by atoms with van der Waals surface area (Å²) in [7, 11) is 0. The molecular weight excluding hydrogens is 246 g/mol. The van der Waals surface area contributed by atoms with Gasteiger partial charge in [0.25, 0.3) is 0 Å². The van der Waals surface area contributed by atoms with E-state index in [2.05, 4.69) is 0 Å². The van der Waals surface area contributed by atoms with Gasteiger partial charge in [-0.1, -0.05) is 20.3 Å². The summed E-state index contributed by atoms with van der Waals surface area (Å²) in [4.78, 5) is 23.1. The van der Waals surface area contributed by atoms with Crippen LogP contribution in [-0.2, 0) is 4.79 Å². The third kappa shape index (κ3) is 3.32. The molecule has 0 aliphatic heterocycles. The van der Waals surface area contributed by atoms with Crippen LogP contribution in [0.3, 0.4) is 0 Å². The van der Waals surface area contributed by atoms with Crippen LogP contribution in [0.15, 0.2) is 0 Å². The van der Waals surface area contributed by atoms with Crippen molar-refractivity contribution < 1.29 is 14.8 Å². The standard InChI is InChI=1S/C14H25NO4/c1-4-6-12(16)11-10-13(3,15(18)19)8-9-14(11,17)7-5-2/h11,17H,4-10H2,1-3H3/t11-,13-,14+/m0/s1. The maximum atomic E-state index is 12.2. The number of Topliss-reactive ketones (excluding diaryl/α,β-unsaturated/α-hetero) is 1. The van der Waals surface area contributed by atoms with E-state index in [9.17, 15) is 20.0 Å². The maximum Gasteiger partial charge on any atom is 0.220 e. The zero-order valence-electron chi connectivity index (χ0n) is 12.1. The highest BCUT2D eigenvalue weighted by Gasteiger charge is 2.54. The van der Waals surface area contributed by atoms with Crippen molar-refractivity contribution in [3.8, 4) is 0 Å². The summed E-state index contributed by atoms with van der Waals surface area (Å²) in [5.41, 5.74) is -2.12. The van der Waals surface area contributed by atoms with Gasteiger partial charge < -0.3 is 5.11 Å². The summed E-state index contributed by atoms with van der Waals surface area (Å²) < 4.78 is 0. The molecule has 0 aromatic carbocycles. The van der Waals surface area contributed by atoms with Crippen molar-refractivity contribution in [1.29, 1.82) is 0 Å². The summed E-state index contributed by atoms with van der Waals surface area (Å²) in [5, 5.41) is 21.9. The fraction of sp³-hybridized carbons (Fsp3) is 0.929.